The third kappa shape index (κ3) is 6.08. The minimum atomic E-state index is -3.81. The van der Waals surface area contributed by atoms with E-state index in [-0.39, 0.29) is 47.6 Å². The SMILES string of the molecule is CC1CN(S(=O)(=O)c2cccc(-c3nn(-c4ccccc4)cc3C=C3SC(=S)N(C4CCS(=O)(=O)C4)C3=O)c2)CC(C)O1. The number of thiocarbonyl (C=S) groups is 1. The lowest BCUT2D eigenvalue weighted by molar-refractivity contribution is -0.123. The molecule has 0 radical (unpaired) electrons. The first-order valence-corrected chi connectivity index (χ1v) is 18.3. The molecule has 1 aromatic heterocycles. The van der Waals surface area contributed by atoms with E-state index in [1.165, 1.54) is 9.21 Å². The predicted molar refractivity (Wildman–Crippen MR) is 170 cm³/mol. The van der Waals surface area contributed by atoms with Gasteiger partial charge in [0, 0.05) is 30.4 Å². The maximum absolute atomic E-state index is 13.7. The maximum atomic E-state index is 13.7. The van der Waals surface area contributed by atoms with Gasteiger partial charge in [-0.3, -0.25) is 9.69 Å². The Hall–Kier alpha value is -2.88. The minimum absolute atomic E-state index is 0.0310. The normalized spacial score (nSPS) is 25.6. The molecule has 0 bridgehead atoms. The number of benzene rings is 2. The molecule has 0 spiro atoms. The van der Waals surface area contributed by atoms with Crippen LogP contribution in [0.2, 0.25) is 0 Å². The first kappa shape index (κ1) is 30.2. The summed E-state index contributed by atoms with van der Waals surface area (Å²) < 4.78 is 60.7. The van der Waals surface area contributed by atoms with Crippen molar-refractivity contribution in [3.05, 3.63) is 71.3 Å². The average Bonchev–Trinajstić information content (AvgIpc) is 3.63. The molecule has 0 N–H and O–H groups in total. The second-order valence-corrected chi connectivity index (χ2v) is 16.8. The fourth-order valence-electron chi connectivity index (χ4n) is 5.63. The third-order valence-electron chi connectivity index (χ3n) is 7.58. The number of morpholine rings is 1. The second-order valence-electron chi connectivity index (χ2n) is 10.9. The summed E-state index contributed by atoms with van der Waals surface area (Å²) in [5.41, 5.74) is 2.42. The highest BCUT2D eigenvalue weighted by Gasteiger charge is 2.42. The summed E-state index contributed by atoms with van der Waals surface area (Å²) in [4.78, 5) is 15.4. The molecular formula is C29H30N4O6S4. The van der Waals surface area contributed by atoms with Crippen molar-refractivity contribution in [2.24, 2.45) is 0 Å². The van der Waals surface area contributed by atoms with Gasteiger partial charge >= 0.3 is 0 Å². The third-order valence-corrected chi connectivity index (χ3v) is 12.5. The molecule has 43 heavy (non-hydrogen) atoms. The van der Waals surface area contributed by atoms with Crippen molar-refractivity contribution >= 4 is 60.1 Å². The first-order valence-electron chi connectivity index (χ1n) is 13.8. The topological polar surface area (TPSA) is 119 Å². The highest BCUT2D eigenvalue weighted by atomic mass is 32.2. The van der Waals surface area contributed by atoms with Crippen LogP contribution in [0, 0.1) is 0 Å². The molecule has 3 fully saturated rings. The molecule has 3 unspecified atom stereocenters. The summed E-state index contributed by atoms with van der Waals surface area (Å²) in [6.45, 7) is 4.22. The van der Waals surface area contributed by atoms with Crippen LogP contribution < -0.4 is 0 Å². The molecule has 3 aliphatic rings. The Bertz CT molecular complexity index is 1830. The van der Waals surface area contributed by atoms with E-state index in [1.807, 2.05) is 44.2 Å². The predicted octanol–water partition coefficient (Wildman–Crippen LogP) is 3.73. The molecule has 6 rings (SSSR count). The van der Waals surface area contributed by atoms with Crippen molar-refractivity contribution in [1.29, 1.82) is 0 Å². The van der Waals surface area contributed by atoms with Crippen molar-refractivity contribution < 1.29 is 26.4 Å². The number of hydrogen-bond acceptors (Lipinski definition) is 9. The highest BCUT2D eigenvalue weighted by Crippen LogP contribution is 2.38. The highest BCUT2D eigenvalue weighted by molar-refractivity contribution is 8.26. The Morgan fingerprint density at radius 1 is 1.07 bits per heavy atom. The van der Waals surface area contributed by atoms with Crippen LogP contribution in [0.3, 0.4) is 0 Å². The number of carbonyl (C=O) groups is 1. The second kappa shape index (κ2) is 11.6. The molecule has 0 aliphatic carbocycles. The van der Waals surface area contributed by atoms with Gasteiger partial charge in [0.2, 0.25) is 10.0 Å². The van der Waals surface area contributed by atoms with E-state index in [9.17, 15) is 21.6 Å². The number of thioether (sulfide) groups is 1. The summed E-state index contributed by atoms with van der Waals surface area (Å²) in [6, 6.07) is 15.6. The number of sulfonamides is 1. The quantitative estimate of drug-likeness (QED) is 0.288. The molecule has 1 amide bonds. The standard InChI is InChI=1S/C29H30N4O6S4/c1-19-15-31(16-20(2)39-19)43(37,38)25-10-6-7-21(13-25)27-22(17-32(30-27)23-8-4-3-5-9-23)14-26-28(34)33(29(40)41-26)24-11-12-42(35,36)18-24/h3-10,13-14,17,19-20,24H,11-12,15-16,18H2,1-2H3. The van der Waals surface area contributed by atoms with Crippen LogP contribution in [0.1, 0.15) is 25.8 Å². The van der Waals surface area contributed by atoms with E-state index in [4.69, 9.17) is 22.1 Å². The van der Waals surface area contributed by atoms with E-state index in [1.54, 1.807) is 41.2 Å². The van der Waals surface area contributed by atoms with Crippen LogP contribution in [0.5, 0.6) is 0 Å². The fraction of sp³-hybridized carbons (Fsp3) is 0.345. The van der Waals surface area contributed by atoms with Gasteiger partial charge in [-0.2, -0.15) is 9.40 Å². The van der Waals surface area contributed by atoms with Gasteiger partial charge in [-0.25, -0.2) is 21.5 Å². The largest absolute Gasteiger partial charge is 0.373 e. The van der Waals surface area contributed by atoms with Crippen LogP contribution in [-0.4, -0.2) is 88.9 Å². The lowest BCUT2D eigenvalue weighted by Crippen LogP contribution is -2.48. The molecule has 3 aromatic rings. The molecule has 3 aliphatic heterocycles. The summed E-state index contributed by atoms with van der Waals surface area (Å²) >= 11 is 6.62. The molecule has 4 heterocycles. The van der Waals surface area contributed by atoms with Gasteiger partial charge < -0.3 is 4.74 Å². The van der Waals surface area contributed by atoms with E-state index < -0.39 is 25.9 Å². The Morgan fingerprint density at radius 2 is 1.79 bits per heavy atom. The maximum Gasteiger partial charge on any atom is 0.266 e. The first-order chi connectivity index (χ1) is 20.4. The zero-order valence-corrected chi connectivity index (χ0v) is 26.8. The van der Waals surface area contributed by atoms with Crippen LogP contribution in [0.15, 0.2) is 70.6 Å². The van der Waals surface area contributed by atoms with Gasteiger partial charge in [-0.05, 0) is 50.6 Å². The number of nitrogens with zero attached hydrogens (tertiary/aromatic N) is 4. The van der Waals surface area contributed by atoms with Crippen LogP contribution >= 0.6 is 24.0 Å². The summed E-state index contributed by atoms with van der Waals surface area (Å²) in [5, 5.41) is 4.81. The van der Waals surface area contributed by atoms with Crippen molar-refractivity contribution in [3.8, 4) is 16.9 Å². The van der Waals surface area contributed by atoms with Gasteiger partial charge in [0.1, 0.15) is 10.0 Å². The van der Waals surface area contributed by atoms with Gasteiger partial charge in [0.15, 0.2) is 9.84 Å². The van der Waals surface area contributed by atoms with E-state index in [2.05, 4.69) is 0 Å². The molecule has 3 atom stereocenters. The number of ether oxygens (including phenoxy) is 1. The van der Waals surface area contributed by atoms with E-state index in [0.29, 0.717) is 32.5 Å². The van der Waals surface area contributed by atoms with Crippen LogP contribution in [-0.2, 0) is 29.4 Å². The lowest BCUT2D eigenvalue weighted by Gasteiger charge is -2.34. The number of sulfone groups is 1. The van der Waals surface area contributed by atoms with Crippen LogP contribution in [0.25, 0.3) is 23.0 Å². The molecule has 3 saturated heterocycles. The monoisotopic (exact) mass is 658 g/mol. The van der Waals surface area contributed by atoms with Gasteiger partial charge in [-0.15, -0.1) is 0 Å². The lowest BCUT2D eigenvalue weighted by atomic mass is 10.1. The average molecular weight is 659 g/mol. The molecule has 10 nitrogen and oxygen atoms in total. The van der Waals surface area contributed by atoms with Gasteiger partial charge in [0.05, 0.1) is 45.2 Å². The van der Waals surface area contributed by atoms with E-state index in [0.717, 1.165) is 17.4 Å². The number of carbonyl (C=O) groups excluding carboxylic acids is 1. The number of para-hydroxylation sites is 1. The van der Waals surface area contributed by atoms with Gasteiger partial charge in [0.25, 0.3) is 5.91 Å². The summed E-state index contributed by atoms with van der Waals surface area (Å²) in [6.07, 6.45) is 3.37. The molecule has 14 heteroatoms. The van der Waals surface area contributed by atoms with Gasteiger partial charge in [-0.1, -0.05) is 54.3 Å². The minimum Gasteiger partial charge on any atom is -0.373 e. The number of aromatic nitrogens is 2. The number of amides is 1. The van der Waals surface area contributed by atoms with Crippen molar-refractivity contribution in [2.75, 3.05) is 24.6 Å². The smallest absolute Gasteiger partial charge is 0.266 e. The fourth-order valence-corrected chi connectivity index (χ4v) is 10.4. The zero-order chi connectivity index (χ0) is 30.5. The summed E-state index contributed by atoms with van der Waals surface area (Å²) in [5.74, 6) is -0.419. The Morgan fingerprint density at radius 3 is 2.47 bits per heavy atom. The Balaban J connectivity index is 1.39. The van der Waals surface area contributed by atoms with Crippen molar-refractivity contribution in [1.82, 2.24) is 19.0 Å². The van der Waals surface area contributed by atoms with E-state index >= 15 is 0 Å². The van der Waals surface area contributed by atoms with Crippen LogP contribution in [0.4, 0.5) is 0 Å². The number of rotatable bonds is 6. The van der Waals surface area contributed by atoms with Crippen molar-refractivity contribution in [3.63, 3.8) is 0 Å². The zero-order valence-electron chi connectivity index (χ0n) is 23.5. The Kier molecular flexibility index (Phi) is 8.11. The molecule has 2 aromatic carbocycles. The molecule has 226 valence electrons. The van der Waals surface area contributed by atoms with Crippen molar-refractivity contribution in [2.45, 2.75) is 43.4 Å². The molecular weight excluding hydrogens is 629 g/mol. The number of hydrogen-bond donors (Lipinski definition) is 0. The Labute approximate surface area is 260 Å². The summed E-state index contributed by atoms with van der Waals surface area (Å²) in [7, 11) is -7.02. The molecule has 0 saturated carbocycles.